The quantitative estimate of drug-likeness (QED) is 0.789. The van der Waals surface area contributed by atoms with E-state index in [1.165, 1.54) is 16.6 Å². The van der Waals surface area contributed by atoms with Crippen LogP contribution in [-0.2, 0) is 10.0 Å². The molecular formula is C8H12ClN3O2S. The number of hydrogen-bond acceptors (Lipinski definition) is 3. The molecule has 0 bridgehead atoms. The van der Waals surface area contributed by atoms with Gasteiger partial charge in [0.2, 0.25) is 0 Å². The number of nitrogens with zero attached hydrogens (tertiary/aromatic N) is 2. The Balaban J connectivity index is 2.17. The summed E-state index contributed by atoms with van der Waals surface area (Å²) >= 11 is 5.92. The number of aromatic amines is 1. The van der Waals surface area contributed by atoms with Gasteiger partial charge in [0, 0.05) is 18.5 Å². The van der Waals surface area contributed by atoms with Crippen LogP contribution in [0.3, 0.4) is 0 Å². The smallest absolute Gasteiger partial charge is 0.259 e. The predicted molar refractivity (Wildman–Crippen MR) is 56.2 cm³/mol. The third-order valence-corrected chi connectivity index (χ3v) is 4.74. The van der Waals surface area contributed by atoms with Gasteiger partial charge in [-0.2, -0.15) is 9.40 Å². The van der Waals surface area contributed by atoms with E-state index in [1.54, 1.807) is 0 Å². The first-order chi connectivity index (χ1) is 7.10. The molecule has 5 nitrogen and oxygen atoms in total. The number of alkyl halides is 1. The van der Waals surface area contributed by atoms with Gasteiger partial charge in [-0.1, -0.05) is 0 Å². The van der Waals surface area contributed by atoms with Crippen molar-refractivity contribution in [2.45, 2.75) is 23.2 Å². The first kappa shape index (κ1) is 10.9. The van der Waals surface area contributed by atoms with Crippen molar-refractivity contribution in [3.8, 4) is 0 Å². The molecule has 0 amide bonds. The van der Waals surface area contributed by atoms with Crippen molar-refractivity contribution in [3.05, 3.63) is 12.3 Å². The van der Waals surface area contributed by atoms with E-state index in [9.17, 15) is 8.42 Å². The van der Waals surface area contributed by atoms with Gasteiger partial charge in [0.25, 0.3) is 10.0 Å². The van der Waals surface area contributed by atoms with E-state index < -0.39 is 10.0 Å². The highest BCUT2D eigenvalue weighted by atomic mass is 35.5. The highest BCUT2D eigenvalue weighted by Gasteiger charge is 2.29. The molecule has 1 aromatic rings. The molecule has 1 fully saturated rings. The second-order valence-electron chi connectivity index (χ2n) is 3.50. The third-order valence-electron chi connectivity index (χ3n) is 2.48. The monoisotopic (exact) mass is 249 g/mol. The maximum Gasteiger partial charge on any atom is 0.259 e. The molecular weight excluding hydrogens is 238 g/mol. The Morgan fingerprint density at radius 1 is 1.47 bits per heavy atom. The Labute approximate surface area is 93.5 Å². The lowest BCUT2D eigenvalue weighted by Gasteiger charge is -2.27. The molecule has 0 aliphatic carbocycles. The summed E-state index contributed by atoms with van der Waals surface area (Å²) in [5.41, 5.74) is 0. The fourth-order valence-corrected chi connectivity index (χ4v) is 3.16. The summed E-state index contributed by atoms with van der Waals surface area (Å²) in [6.07, 6.45) is 2.84. The van der Waals surface area contributed by atoms with Gasteiger partial charge in [-0.15, -0.1) is 11.6 Å². The van der Waals surface area contributed by atoms with Crippen LogP contribution >= 0.6 is 11.6 Å². The number of nitrogens with one attached hydrogen (secondary N) is 1. The van der Waals surface area contributed by atoms with E-state index in [2.05, 4.69) is 10.2 Å². The SMILES string of the molecule is O=S(=O)(c1ccn[nH]1)N1CCC(Cl)CC1. The molecule has 0 spiro atoms. The van der Waals surface area contributed by atoms with E-state index in [-0.39, 0.29) is 10.4 Å². The van der Waals surface area contributed by atoms with Crippen LogP contribution in [0.25, 0.3) is 0 Å². The van der Waals surface area contributed by atoms with Crippen LogP contribution in [0.2, 0.25) is 0 Å². The molecule has 0 aromatic carbocycles. The van der Waals surface area contributed by atoms with Gasteiger partial charge in [0.15, 0.2) is 5.03 Å². The molecule has 0 radical (unpaired) electrons. The van der Waals surface area contributed by atoms with E-state index in [4.69, 9.17) is 11.6 Å². The number of hydrogen-bond donors (Lipinski definition) is 1. The average Bonchev–Trinajstić information content (AvgIpc) is 2.71. The summed E-state index contributed by atoms with van der Waals surface area (Å²) in [6, 6.07) is 1.46. The summed E-state index contributed by atoms with van der Waals surface area (Å²) in [6.45, 7) is 0.963. The molecule has 7 heteroatoms. The van der Waals surface area contributed by atoms with Crippen LogP contribution in [0.5, 0.6) is 0 Å². The molecule has 0 atom stereocenters. The molecule has 84 valence electrons. The van der Waals surface area contributed by atoms with Crippen molar-refractivity contribution >= 4 is 21.6 Å². The van der Waals surface area contributed by atoms with Crippen molar-refractivity contribution in [1.29, 1.82) is 0 Å². The van der Waals surface area contributed by atoms with Crippen molar-refractivity contribution in [3.63, 3.8) is 0 Å². The van der Waals surface area contributed by atoms with Gasteiger partial charge in [0.1, 0.15) is 0 Å². The predicted octanol–water partition coefficient (Wildman–Crippen LogP) is 0.802. The van der Waals surface area contributed by atoms with Crippen molar-refractivity contribution < 1.29 is 8.42 Å². The highest BCUT2D eigenvalue weighted by molar-refractivity contribution is 7.89. The lowest BCUT2D eigenvalue weighted by atomic mass is 10.2. The molecule has 1 aliphatic rings. The number of piperidine rings is 1. The van der Waals surface area contributed by atoms with E-state index >= 15 is 0 Å². The van der Waals surface area contributed by atoms with E-state index in [1.807, 2.05) is 0 Å². The Morgan fingerprint density at radius 3 is 2.67 bits per heavy atom. The third kappa shape index (κ3) is 2.16. The molecule has 1 aliphatic heterocycles. The van der Waals surface area contributed by atoms with Crippen LogP contribution in [0.4, 0.5) is 0 Å². The number of halogens is 1. The number of H-pyrrole nitrogens is 1. The minimum Gasteiger partial charge on any atom is -0.266 e. The zero-order valence-electron chi connectivity index (χ0n) is 8.06. The van der Waals surface area contributed by atoms with Gasteiger partial charge in [-0.3, -0.25) is 5.10 Å². The summed E-state index contributed by atoms with van der Waals surface area (Å²) in [5, 5.41) is 6.36. The molecule has 0 unspecified atom stereocenters. The second kappa shape index (κ2) is 4.11. The number of sulfonamides is 1. The molecule has 1 aromatic heterocycles. The van der Waals surface area contributed by atoms with Gasteiger partial charge >= 0.3 is 0 Å². The van der Waals surface area contributed by atoms with Gasteiger partial charge < -0.3 is 0 Å². The molecule has 2 heterocycles. The lowest BCUT2D eigenvalue weighted by molar-refractivity contribution is 0.349. The van der Waals surface area contributed by atoms with Crippen LogP contribution in [0, 0.1) is 0 Å². The second-order valence-corrected chi connectivity index (χ2v) is 6.02. The molecule has 2 rings (SSSR count). The molecule has 1 N–H and O–H groups in total. The fraction of sp³-hybridized carbons (Fsp3) is 0.625. The Hall–Kier alpha value is -0.590. The Kier molecular flexibility index (Phi) is 2.99. The molecule has 1 saturated heterocycles. The summed E-state index contributed by atoms with van der Waals surface area (Å²) < 4.78 is 25.4. The lowest BCUT2D eigenvalue weighted by Crippen LogP contribution is -2.38. The Bertz CT molecular complexity index is 409. The van der Waals surface area contributed by atoms with Crippen LogP contribution < -0.4 is 0 Å². The minimum absolute atomic E-state index is 0.0956. The van der Waals surface area contributed by atoms with E-state index in [0.29, 0.717) is 25.9 Å². The van der Waals surface area contributed by atoms with Gasteiger partial charge in [-0.25, -0.2) is 8.42 Å². The van der Waals surface area contributed by atoms with Crippen molar-refractivity contribution in [2.24, 2.45) is 0 Å². The van der Waals surface area contributed by atoms with Gasteiger partial charge in [0.05, 0.1) is 6.20 Å². The van der Waals surface area contributed by atoms with E-state index in [0.717, 1.165) is 0 Å². The molecule has 15 heavy (non-hydrogen) atoms. The minimum atomic E-state index is -3.39. The van der Waals surface area contributed by atoms with Crippen molar-refractivity contribution in [1.82, 2.24) is 14.5 Å². The average molecular weight is 250 g/mol. The first-order valence-electron chi connectivity index (χ1n) is 4.74. The highest BCUT2D eigenvalue weighted by Crippen LogP contribution is 2.21. The summed E-state index contributed by atoms with van der Waals surface area (Å²) in [4.78, 5) is 0. The number of aromatic nitrogens is 2. The molecule has 0 saturated carbocycles. The van der Waals surface area contributed by atoms with Crippen LogP contribution in [0.1, 0.15) is 12.8 Å². The Morgan fingerprint density at radius 2 is 2.13 bits per heavy atom. The normalized spacial score (nSPS) is 20.6. The maximum absolute atomic E-state index is 12.0. The first-order valence-corrected chi connectivity index (χ1v) is 6.62. The largest absolute Gasteiger partial charge is 0.266 e. The van der Waals surface area contributed by atoms with Crippen LogP contribution in [0.15, 0.2) is 17.3 Å². The summed E-state index contributed by atoms with van der Waals surface area (Å²) in [7, 11) is -3.39. The standard InChI is InChI=1S/C8H12ClN3O2S/c9-7-2-5-12(6-3-7)15(13,14)8-1-4-10-11-8/h1,4,7H,2-3,5-6H2,(H,10,11). The van der Waals surface area contributed by atoms with Gasteiger partial charge in [-0.05, 0) is 18.9 Å². The van der Waals surface area contributed by atoms with Crippen molar-refractivity contribution in [2.75, 3.05) is 13.1 Å². The summed E-state index contributed by atoms with van der Waals surface area (Å²) in [5.74, 6) is 0. The van der Waals surface area contributed by atoms with Crippen LogP contribution in [-0.4, -0.2) is 41.4 Å². The number of rotatable bonds is 2. The maximum atomic E-state index is 12.0. The zero-order valence-corrected chi connectivity index (χ0v) is 9.63. The fourth-order valence-electron chi connectivity index (χ4n) is 1.59. The zero-order chi connectivity index (χ0) is 10.9. The topological polar surface area (TPSA) is 66.1 Å².